The molecule has 4 heteroatoms. The van der Waals surface area contributed by atoms with Gasteiger partial charge in [-0.3, -0.25) is 0 Å². The average Bonchev–Trinajstić information content (AvgIpc) is 2.20. The van der Waals surface area contributed by atoms with Crippen molar-refractivity contribution < 1.29 is 20.1 Å². The van der Waals surface area contributed by atoms with Gasteiger partial charge in [-0.25, -0.2) is 0 Å². The van der Waals surface area contributed by atoms with E-state index in [1.54, 1.807) is 12.1 Å². The van der Waals surface area contributed by atoms with Gasteiger partial charge in [0.1, 0.15) is 0 Å². The van der Waals surface area contributed by atoms with Gasteiger partial charge in [0, 0.05) is 6.61 Å². The number of aliphatic hydroxyl groups is 1. The Labute approximate surface area is 82.4 Å². The lowest BCUT2D eigenvalue weighted by molar-refractivity contribution is 0.287. The second kappa shape index (κ2) is 4.72. The van der Waals surface area contributed by atoms with Crippen LogP contribution in [0, 0.1) is 0 Å². The molecule has 0 amide bonds. The fourth-order valence-corrected chi connectivity index (χ4v) is 1.24. The fraction of sp³-hybridized carbons (Fsp3) is 0.400. The van der Waals surface area contributed by atoms with E-state index in [0.717, 1.165) is 0 Å². The lowest BCUT2D eigenvalue weighted by Gasteiger charge is -2.08. The summed E-state index contributed by atoms with van der Waals surface area (Å²) in [6, 6.07) is 3.26. The van der Waals surface area contributed by atoms with Crippen LogP contribution in [0.3, 0.4) is 0 Å². The van der Waals surface area contributed by atoms with E-state index < -0.39 is 0 Å². The molecule has 14 heavy (non-hydrogen) atoms. The highest BCUT2D eigenvalue weighted by Crippen LogP contribution is 2.38. The van der Waals surface area contributed by atoms with Gasteiger partial charge >= 0.3 is 0 Å². The van der Waals surface area contributed by atoms with Crippen LogP contribution in [0.2, 0.25) is 0 Å². The monoisotopic (exact) mass is 198 g/mol. The molecule has 0 radical (unpaired) electrons. The van der Waals surface area contributed by atoms with Crippen LogP contribution in [0.4, 0.5) is 0 Å². The van der Waals surface area contributed by atoms with Crippen molar-refractivity contribution in [1.29, 1.82) is 0 Å². The molecule has 0 bridgehead atoms. The second-order valence-corrected chi connectivity index (χ2v) is 2.95. The molecule has 0 aromatic heterocycles. The van der Waals surface area contributed by atoms with E-state index in [0.29, 0.717) is 18.4 Å². The summed E-state index contributed by atoms with van der Waals surface area (Å²) in [4.78, 5) is 0. The number of hydrogen-bond donors (Lipinski definition) is 3. The average molecular weight is 198 g/mol. The summed E-state index contributed by atoms with van der Waals surface area (Å²) in [6.07, 6.45) is 1.08. The van der Waals surface area contributed by atoms with Gasteiger partial charge in [0.05, 0.1) is 7.11 Å². The van der Waals surface area contributed by atoms with Crippen LogP contribution < -0.4 is 4.74 Å². The van der Waals surface area contributed by atoms with Gasteiger partial charge in [0.25, 0.3) is 0 Å². The summed E-state index contributed by atoms with van der Waals surface area (Å²) < 4.78 is 4.83. The highest BCUT2D eigenvalue weighted by Gasteiger charge is 2.11. The van der Waals surface area contributed by atoms with Crippen LogP contribution in [0.25, 0.3) is 0 Å². The molecule has 0 atom stereocenters. The first-order valence-corrected chi connectivity index (χ1v) is 4.39. The summed E-state index contributed by atoms with van der Waals surface area (Å²) in [5.41, 5.74) is 0.609. The number of phenols is 2. The molecule has 1 aromatic rings. The van der Waals surface area contributed by atoms with Crippen molar-refractivity contribution in [3.8, 4) is 17.2 Å². The van der Waals surface area contributed by atoms with Gasteiger partial charge < -0.3 is 20.1 Å². The maximum atomic E-state index is 9.52. The van der Waals surface area contributed by atoms with Crippen LogP contribution in [0.1, 0.15) is 12.0 Å². The Morgan fingerprint density at radius 1 is 1.21 bits per heavy atom. The molecule has 0 aliphatic rings. The zero-order chi connectivity index (χ0) is 10.6. The maximum absolute atomic E-state index is 9.52. The van der Waals surface area contributed by atoms with Crippen LogP contribution in [0.5, 0.6) is 17.2 Å². The molecule has 0 aliphatic heterocycles. The molecule has 0 saturated carbocycles. The van der Waals surface area contributed by atoms with Crippen LogP contribution in [-0.4, -0.2) is 29.0 Å². The first-order chi connectivity index (χ1) is 6.70. The molecule has 0 unspecified atom stereocenters. The molecule has 1 aromatic carbocycles. The van der Waals surface area contributed by atoms with Gasteiger partial charge in [-0.05, 0) is 24.5 Å². The molecule has 78 valence electrons. The van der Waals surface area contributed by atoms with Crippen molar-refractivity contribution >= 4 is 0 Å². The van der Waals surface area contributed by atoms with E-state index in [-0.39, 0.29) is 23.9 Å². The van der Waals surface area contributed by atoms with Gasteiger partial charge in [-0.2, -0.15) is 0 Å². The predicted octanol–water partition coefficient (Wildman–Crippen LogP) is 1.03. The van der Waals surface area contributed by atoms with Gasteiger partial charge in [0.2, 0.25) is 5.75 Å². The molecular formula is C10H14O4. The third-order valence-corrected chi connectivity index (χ3v) is 2.02. The van der Waals surface area contributed by atoms with E-state index in [1.165, 1.54) is 7.11 Å². The van der Waals surface area contributed by atoms with Crippen LogP contribution in [-0.2, 0) is 6.42 Å². The number of aromatic hydroxyl groups is 2. The van der Waals surface area contributed by atoms with Crippen molar-refractivity contribution in [2.24, 2.45) is 0 Å². The van der Waals surface area contributed by atoms with Crippen molar-refractivity contribution in [2.45, 2.75) is 12.8 Å². The van der Waals surface area contributed by atoms with E-state index in [4.69, 9.17) is 9.84 Å². The summed E-state index contributed by atoms with van der Waals surface area (Å²) in [5, 5.41) is 27.6. The van der Waals surface area contributed by atoms with Crippen molar-refractivity contribution in [3.05, 3.63) is 17.7 Å². The van der Waals surface area contributed by atoms with E-state index >= 15 is 0 Å². The number of phenolic OH excluding ortho intramolecular Hbond substituents is 2. The topological polar surface area (TPSA) is 69.9 Å². The lowest BCUT2D eigenvalue weighted by atomic mass is 10.1. The van der Waals surface area contributed by atoms with E-state index in [2.05, 4.69) is 0 Å². The minimum absolute atomic E-state index is 0.0617. The minimum atomic E-state index is -0.247. The second-order valence-electron chi connectivity index (χ2n) is 2.95. The van der Waals surface area contributed by atoms with Crippen molar-refractivity contribution in [1.82, 2.24) is 0 Å². The number of aliphatic hydroxyl groups excluding tert-OH is 1. The standard InChI is InChI=1S/C10H14O4/c1-14-8-5-4-7(3-2-6-11)9(12)10(8)13/h4-5,11-13H,2-3,6H2,1H3. The molecule has 0 heterocycles. The van der Waals surface area contributed by atoms with Crippen molar-refractivity contribution in [2.75, 3.05) is 13.7 Å². The van der Waals surface area contributed by atoms with Gasteiger partial charge in [-0.15, -0.1) is 0 Å². The minimum Gasteiger partial charge on any atom is -0.504 e. The first kappa shape index (κ1) is 10.7. The van der Waals surface area contributed by atoms with Crippen molar-refractivity contribution in [3.63, 3.8) is 0 Å². The summed E-state index contributed by atoms with van der Waals surface area (Å²) >= 11 is 0. The summed E-state index contributed by atoms with van der Waals surface area (Å²) in [6.45, 7) is 0.0617. The Kier molecular flexibility index (Phi) is 3.59. The molecule has 3 N–H and O–H groups in total. The van der Waals surface area contributed by atoms with E-state index in [9.17, 15) is 10.2 Å². The molecule has 1 rings (SSSR count). The Hall–Kier alpha value is -1.42. The zero-order valence-corrected chi connectivity index (χ0v) is 8.03. The van der Waals surface area contributed by atoms with Gasteiger partial charge in [-0.1, -0.05) is 6.07 Å². The van der Waals surface area contributed by atoms with Crippen LogP contribution in [0.15, 0.2) is 12.1 Å². The normalized spacial score (nSPS) is 10.1. The summed E-state index contributed by atoms with van der Waals surface area (Å²) in [7, 11) is 1.42. The van der Waals surface area contributed by atoms with E-state index in [1.807, 2.05) is 0 Å². The third kappa shape index (κ3) is 2.09. The van der Waals surface area contributed by atoms with Gasteiger partial charge in [0.15, 0.2) is 11.5 Å². The molecule has 0 aliphatic carbocycles. The molecule has 0 spiro atoms. The predicted molar refractivity (Wildman–Crippen MR) is 51.7 cm³/mol. The highest BCUT2D eigenvalue weighted by atomic mass is 16.5. The molecular weight excluding hydrogens is 184 g/mol. The molecule has 0 saturated heterocycles. The number of aryl methyl sites for hydroxylation is 1. The number of methoxy groups -OCH3 is 1. The maximum Gasteiger partial charge on any atom is 0.200 e. The van der Waals surface area contributed by atoms with Crippen LogP contribution >= 0.6 is 0 Å². The Morgan fingerprint density at radius 3 is 2.50 bits per heavy atom. The third-order valence-electron chi connectivity index (χ3n) is 2.02. The highest BCUT2D eigenvalue weighted by molar-refractivity contribution is 5.53. The Bertz CT molecular complexity index is 309. The smallest absolute Gasteiger partial charge is 0.200 e. The number of ether oxygens (including phenoxy) is 1. The zero-order valence-electron chi connectivity index (χ0n) is 8.03. The summed E-state index contributed by atoms with van der Waals surface area (Å²) in [5.74, 6) is -0.170. The number of rotatable bonds is 4. The first-order valence-electron chi connectivity index (χ1n) is 4.39. The molecule has 4 nitrogen and oxygen atoms in total. The Balaban J connectivity index is 2.92. The SMILES string of the molecule is COc1ccc(CCCO)c(O)c1O. The Morgan fingerprint density at radius 2 is 1.93 bits per heavy atom. The fourth-order valence-electron chi connectivity index (χ4n) is 1.24. The number of hydrogen-bond acceptors (Lipinski definition) is 4. The lowest BCUT2D eigenvalue weighted by Crippen LogP contribution is -1.92. The number of benzene rings is 1. The quantitative estimate of drug-likeness (QED) is 0.632. The largest absolute Gasteiger partial charge is 0.504 e. The molecule has 0 fully saturated rings.